The monoisotopic (exact) mass is 301 g/mol. The van der Waals surface area contributed by atoms with Gasteiger partial charge < -0.3 is 10.9 Å². The summed E-state index contributed by atoms with van der Waals surface area (Å²) in [4.78, 5) is 4.17. The summed E-state index contributed by atoms with van der Waals surface area (Å²) in [6.07, 6.45) is 1.64. The number of pyridine rings is 1. The molecule has 0 radical (unpaired) electrons. The summed E-state index contributed by atoms with van der Waals surface area (Å²) < 4.78 is 0. The highest BCUT2D eigenvalue weighted by molar-refractivity contribution is 7.97. The Labute approximate surface area is 129 Å². The SMILES string of the molecule is Cc1cc(C)cc(CSCc2cccnc2/C(N)=N/O)c1. The lowest BCUT2D eigenvalue weighted by Crippen LogP contribution is -2.17. The highest BCUT2D eigenvalue weighted by Crippen LogP contribution is 2.21. The van der Waals surface area contributed by atoms with E-state index in [4.69, 9.17) is 10.9 Å². The molecule has 5 heteroatoms. The Morgan fingerprint density at radius 3 is 2.62 bits per heavy atom. The van der Waals surface area contributed by atoms with E-state index in [1.165, 1.54) is 16.7 Å². The van der Waals surface area contributed by atoms with E-state index in [2.05, 4.69) is 42.2 Å². The van der Waals surface area contributed by atoms with Gasteiger partial charge in [0.05, 0.1) is 0 Å². The molecule has 0 aliphatic heterocycles. The summed E-state index contributed by atoms with van der Waals surface area (Å²) >= 11 is 1.79. The molecule has 110 valence electrons. The highest BCUT2D eigenvalue weighted by Gasteiger charge is 2.08. The van der Waals surface area contributed by atoms with Crippen LogP contribution < -0.4 is 5.73 Å². The third-order valence-electron chi connectivity index (χ3n) is 3.05. The topological polar surface area (TPSA) is 71.5 Å². The fourth-order valence-electron chi connectivity index (χ4n) is 2.26. The maximum absolute atomic E-state index is 8.79. The third-order valence-corrected chi connectivity index (χ3v) is 4.10. The number of amidine groups is 1. The van der Waals surface area contributed by atoms with Crippen molar-refractivity contribution in [3.05, 3.63) is 64.5 Å². The van der Waals surface area contributed by atoms with Gasteiger partial charge in [-0.15, -0.1) is 0 Å². The predicted molar refractivity (Wildman–Crippen MR) is 87.7 cm³/mol. The summed E-state index contributed by atoms with van der Waals surface area (Å²) in [5.74, 6) is 1.75. The zero-order chi connectivity index (χ0) is 15.2. The minimum Gasteiger partial charge on any atom is -0.409 e. The van der Waals surface area contributed by atoms with Gasteiger partial charge in [0, 0.05) is 17.7 Å². The van der Waals surface area contributed by atoms with Crippen molar-refractivity contribution >= 4 is 17.6 Å². The predicted octanol–water partition coefficient (Wildman–Crippen LogP) is 3.23. The van der Waals surface area contributed by atoms with Gasteiger partial charge in [-0.05, 0) is 31.0 Å². The molecule has 0 fully saturated rings. The number of hydrogen-bond acceptors (Lipinski definition) is 4. The molecule has 0 atom stereocenters. The minimum absolute atomic E-state index is 0.0533. The molecular formula is C16H19N3OS. The maximum atomic E-state index is 8.79. The van der Waals surface area contributed by atoms with Crippen molar-refractivity contribution in [2.75, 3.05) is 0 Å². The number of thioether (sulfide) groups is 1. The van der Waals surface area contributed by atoms with E-state index in [0.717, 1.165) is 17.1 Å². The molecule has 0 aliphatic carbocycles. The van der Waals surface area contributed by atoms with Gasteiger partial charge in [-0.1, -0.05) is 40.5 Å². The Morgan fingerprint density at radius 1 is 1.24 bits per heavy atom. The van der Waals surface area contributed by atoms with Gasteiger partial charge in [-0.25, -0.2) is 0 Å². The summed E-state index contributed by atoms with van der Waals surface area (Å²) in [5.41, 5.74) is 11.0. The average Bonchev–Trinajstić information content (AvgIpc) is 2.46. The summed E-state index contributed by atoms with van der Waals surface area (Å²) in [7, 11) is 0. The molecule has 0 unspecified atom stereocenters. The van der Waals surface area contributed by atoms with E-state index in [0.29, 0.717) is 5.69 Å². The zero-order valence-corrected chi connectivity index (χ0v) is 13.0. The van der Waals surface area contributed by atoms with Crippen molar-refractivity contribution in [3.63, 3.8) is 0 Å². The Morgan fingerprint density at radius 2 is 1.95 bits per heavy atom. The first-order chi connectivity index (χ1) is 10.1. The van der Waals surface area contributed by atoms with E-state index in [-0.39, 0.29) is 5.84 Å². The van der Waals surface area contributed by atoms with E-state index in [9.17, 15) is 0 Å². The van der Waals surface area contributed by atoms with Crippen LogP contribution in [-0.2, 0) is 11.5 Å². The lowest BCUT2D eigenvalue weighted by molar-refractivity contribution is 0.318. The van der Waals surface area contributed by atoms with Gasteiger partial charge in [0.2, 0.25) is 0 Å². The summed E-state index contributed by atoms with van der Waals surface area (Å²) in [5, 5.41) is 11.8. The molecule has 21 heavy (non-hydrogen) atoms. The lowest BCUT2D eigenvalue weighted by Gasteiger charge is -2.08. The van der Waals surface area contributed by atoms with Crippen molar-refractivity contribution in [2.45, 2.75) is 25.4 Å². The lowest BCUT2D eigenvalue weighted by atomic mass is 10.1. The number of nitrogens with two attached hydrogens (primary N) is 1. The van der Waals surface area contributed by atoms with Crippen molar-refractivity contribution in [1.82, 2.24) is 4.98 Å². The molecule has 3 N–H and O–H groups in total. The number of oxime groups is 1. The first-order valence-electron chi connectivity index (χ1n) is 6.67. The van der Waals surface area contributed by atoms with Crippen molar-refractivity contribution in [3.8, 4) is 0 Å². The minimum atomic E-state index is 0.0533. The molecule has 1 aromatic heterocycles. The van der Waals surface area contributed by atoms with Gasteiger partial charge in [-0.2, -0.15) is 11.8 Å². The maximum Gasteiger partial charge on any atom is 0.189 e. The zero-order valence-electron chi connectivity index (χ0n) is 12.2. The second kappa shape index (κ2) is 7.13. The third kappa shape index (κ3) is 4.23. The Bertz CT molecular complexity index is 635. The van der Waals surface area contributed by atoms with Crippen LogP contribution in [0.15, 0.2) is 41.7 Å². The highest BCUT2D eigenvalue weighted by atomic mass is 32.2. The Hall–Kier alpha value is -2.01. The average molecular weight is 301 g/mol. The van der Waals surface area contributed by atoms with E-state index in [1.807, 2.05) is 12.1 Å². The number of aromatic nitrogens is 1. The van der Waals surface area contributed by atoms with E-state index in [1.54, 1.807) is 18.0 Å². The van der Waals surface area contributed by atoms with Gasteiger partial charge in [0.25, 0.3) is 0 Å². The van der Waals surface area contributed by atoms with Gasteiger partial charge in [-0.3, -0.25) is 4.98 Å². The van der Waals surface area contributed by atoms with Crippen LogP contribution in [0.1, 0.15) is 27.9 Å². The van der Waals surface area contributed by atoms with Crippen LogP contribution >= 0.6 is 11.8 Å². The Kier molecular flexibility index (Phi) is 5.22. The van der Waals surface area contributed by atoms with Crippen LogP contribution in [0.2, 0.25) is 0 Å². The molecule has 0 aliphatic rings. The first-order valence-corrected chi connectivity index (χ1v) is 7.82. The Balaban J connectivity index is 2.04. The van der Waals surface area contributed by atoms with Crippen molar-refractivity contribution in [1.29, 1.82) is 0 Å². The summed E-state index contributed by atoms with van der Waals surface area (Å²) in [6, 6.07) is 10.4. The van der Waals surface area contributed by atoms with Crippen LogP contribution in [0.25, 0.3) is 0 Å². The standard InChI is InChI=1S/C16H19N3OS/c1-11-6-12(2)8-13(7-11)9-21-10-14-4-3-5-18-15(14)16(17)19-20/h3-8,20H,9-10H2,1-2H3,(H2,17,19). The largest absolute Gasteiger partial charge is 0.409 e. The molecule has 4 nitrogen and oxygen atoms in total. The van der Waals surface area contributed by atoms with Crippen molar-refractivity contribution in [2.24, 2.45) is 10.9 Å². The second-order valence-corrected chi connectivity index (χ2v) is 5.97. The van der Waals surface area contributed by atoms with Crippen LogP contribution in [-0.4, -0.2) is 16.0 Å². The fraction of sp³-hybridized carbons (Fsp3) is 0.250. The molecule has 2 rings (SSSR count). The number of hydrogen-bond donors (Lipinski definition) is 2. The number of rotatable bonds is 5. The molecule has 0 spiro atoms. The van der Waals surface area contributed by atoms with Gasteiger partial charge in [0.1, 0.15) is 5.69 Å². The quantitative estimate of drug-likeness (QED) is 0.385. The second-order valence-electron chi connectivity index (χ2n) is 4.99. The molecule has 0 amide bonds. The normalized spacial score (nSPS) is 11.6. The van der Waals surface area contributed by atoms with E-state index >= 15 is 0 Å². The van der Waals surface area contributed by atoms with Crippen LogP contribution in [0, 0.1) is 13.8 Å². The molecule has 2 aromatic rings. The molecule has 1 heterocycles. The van der Waals surface area contributed by atoms with Gasteiger partial charge >= 0.3 is 0 Å². The first kappa shape index (κ1) is 15.4. The molecular weight excluding hydrogens is 282 g/mol. The molecule has 0 saturated heterocycles. The van der Waals surface area contributed by atoms with Crippen LogP contribution in [0.4, 0.5) is 0 Å². The number of nitrogens with zero attached hydrogens (tertiary/aromatic N) is 2. The number of aryl methyl sites for hydroxylation is 2. The molecule has 1 aromatic carbocycles. The molecule has 0 bridgehead atoms. The van der Waals surface area contributed by atoms with Crippen molar-refractivity contribution < 1.29 is 5.21 Å². The molecule has 0 saturated carbocycles. The van der Waals surface area contributed by atoms with Crippen LogP contribution in [0.3, 0.4) is 0 Å². The smallest absolute Gasteiger partial charge is 0.189 e. The number of benzene rings is 1. The fourth-order valence-corrected chi connectivity index (χ4v) is 3.22. The summed E-state index contributed by atoms with van der Waals surface area (Å²) in [6.45, 7) is 4.22. The van der Waals surface area contributed by atoms with Gasteiger partial charge in [0.15, 0.2) is 5.84 Å². The van der Waals surface area contributed by atoms with E-state index < -0.39 is 0 Å². The van der Waals surface area contributed by atoms with Crippen LogP contribution in [0.5, 0.6) is 0 Å².